The van der Waals surface area contributed by atoms with E-state index in [2.05, 4.69) is 10.6 Å². The fourth-order valence-corrected chi connectivity index (χ4v) is 2.38. The van der Waals surface area contributed by atoms with Crippen molar-refractivity contribution in [1.82, 2.24) is 10.6 Å². The van der Waals surface area contributed by atoms with Crippen LogP contribution in [0.3, 0.4) is 0 Å². The summed E-state index contributed by atoms with van der Waals surface area (Å²) in [7, 11) is 1.57. The lowest BCUT2D eigenvalue weighted by Crippen LogP contribution is -2.34. The van der Waals surface area contributed by atoms with E-state index in [1.54, 1.807) is 43.5 Å². The minimum atomic E-state index is -0.716. The van der Waals surface area contributed by atoms with Gasteiger partial charge in [0, 0.05) is 6.54 Å². The summed E-state index contributed by atoms with van der Waals surface area (Å²) in [6, 6.07) is 13.9. The zero-order valence-electron chi connectivity index (χ0n) is 16.4. The first-order valence-electron chi connectivity index (χ1n) is 9.08. The highest BCUT2D eigenvalue weighted by Crippen LogP contribution is 2.17. The van der Waals surface area contributed by atoms with Crippen LogP contribution in [0.25, 0.3) is 0 Å². The molecule has 0 heterocycles. The molecule has 2 aromatic carbocycles. The Morgan fingerprint density at radius 1 is 0.966 bits per heavy atom. The van der Waals surface area contributed by atoms with Gasteiger partial charge in [0.2, 0.25) is 0 Å². The fourth-order valence-electron chi connectivity index (χ4n) is 2.38. The Kier molecular flexibility index (Phi) is 8.50. The second-order valence-electron chi connectivity index (χ2n) is 5.90. The number of benzene rings is 2. The minimum Gasteiger partial charge on any atom is -0.497 e. The number of carbonyl (C=O) groups is 3. The maximum Gasteiger partial charge on any atom is 0.325 e. The molecule has 0 aliphatic heterocycles. The summed E-state index contributed by atoms with van der Waals surface area (Å²) in [6.45, 7) is 1.74. The summed E-state index contributed by atoms with van der Waals surface area (Å²) < 4.78 is 15.3. The molecule has 0 aliphatic carbocycles. The lowest BCUT2D eigenvalue weighted by molar-refractivity contribution is -0.147. The maximum absolute atomic E-state index is 12.2. The van der Waals surface area contributed by atoms with Crippen LogP contribution >= 0.6 is 0 Å². The highest BCUT2D eigenvalue weighted by molar-refractivity contribution is 5.98. The van der Waals surface area contributed by atoms with Crippen LogP contribution in [-0.4, -0.2) is 44.7 Å². The van der Waals surface area contributed by atoms with Crippen LogP contribution in [0.4, 0.5) is 0 Å². The van der Waals surface area contributed by atoms with Gasteiger partial charge < -0.3 is 24.8 Å². The first-order valence-corrected chi connectivity index (χ1v) is 9.08. The highest BCUT2D eigenvalue weighted by Gasteiger charge is 2.14. The maximum atomic E-state index is 12.2. The Bertz CT molecular complexity index is 835. The van der Waals surface area contributed by atoms with Crippen LogP contribution < -0.4 is 20.1 Å². The molecule has 0 unspecified atom stereocenters. The zero-order chi connectivity index (χ0) is 21.1. The van der Waals surface area contributed by atoms with Gasteiger partial charge in [0.25, 0.3) is 11.8 Å². The number of ether oxygens (including phenoxy) is 3. The number of carbonyl (C=O) groups excluding carboxylic acids is 3. The van der Waals surface area contributed by atoms with Crippen molar-refractivity contribution < 1.29 is 28.6 Å². The van der Waals surface area contributed by atoms with E-state index in [0.717, 1.165) is 11.3 Å². The number of amides is 2. The molecule has 0 fully saturated rings. The van der Waals surface area contributed by atoms with Gasteiger partial charge in [0.05, 0.1) is 19.3 Å². The van der Waals surface area contributed by atoms with Gasteiger partial charge in [-0.3, -0.25) is 14.4 Å². The first kappa shape index (κ1) is 21.7. The Morgan fingerprint density at radius 3 is 2.38 bits per heavy atom. The molecule has 29 heavy (non-hydrogen) atoms. The van der Waals surface area contributed by atoms with Crippen LogP contribution in [-0.2, 0) is 20.9 Å². The lowest BCUT2D eigenvalue weighted by Gasteiger charge is -2.10. The van der Waals surface area contributed by atoms with E-state index in [-0.39, 0.29) is 6.54 Å². The third-order valence-corrected chi connectivity index (χ3v) is 3.84. The largest absolute Gasteiger partial charge is 0.497 e. The van der Waals surface area contributed by atoms with E-state index in [1.807, 2.05) is 19.1 Å². The average molecular weight is 400 g/mol. The highest BCUT2D eigenvalue weighted by atomic mass is 16.5. The molecule has 0 spiro atoms. The molecule has 8 heteroatoms. The summed E-state index contributed by atoms with van der Waals surface area (Å²) in [5.41, 5.74) is 1.20. The normalized spacial score (nSPS) is 10.0. The zero-order valence-corrected chi connectivity index (χ0v) is 16.4. The smallest absolute Gasteiger partial charge is 0.325 e. The summed E-state index contributed by atoms with van der Waals surface area (Å²) in [6.07, 6.45) is 0. The molecule has 0 aromatic heterocycles. The quantitative estimate of drug-likeness (QED) is 0.589. The predicted octanol–water partition coefficient (Wildman–Crippen LogP) is 1.68. The number of hydrogen-bond acceptors (Lipinski definition) is 6. The second kappa shape index (κ2) is 11.3. The Balaban J connectivity index is 1.71. The van der Waals surface area contributed by atoms with E-state index in [0.29, 0.717) is 24.5 Å². The summed E-state index contributed by atoms with van der Waals surface area (Å²) in [4.78, 5) is 35.8. The molecule has 2 aromatic rings. The van der Waals surface area contributed by atoms with Crippen LogP contribution in [0, 0.1) is 0 Å². The van der Waals surface area contributed by atoms with Crippen molar-refractivity contribution in [2.45, 2.75) is 13.5 Å². The number of nitrogens with one attached hydrogen (secondary N) is 2. The summed E-state index contributed by atoms with van der Waals surface area (Å²) in [5, 5.41) is 5.10. The molecule has 2 N–H and O–H groups in total. The SMILES string of the molecule is CCOc1ccccc1C(=O)NCC(=O)OCC(=O)NCc1ccc(OC)cc1. The Hall–Kier alpha value is -3.55. The molecule has 2 rings (SSSR count). The van der Waals surface area contributed by atoms with Gasteiger partial charge in [-0.2, -0.15) is 0 Å². The number of para-hydroxylation sites is 1. The van der Waals surface area contributed by atoms with Crippen molar-refractivity contribution >= 4 is 17.8 Å². The van der Waals surface area contributed by atoms with E-state index < -0.39 is 24.4 Å². The summed E-state index contributed by atoms with van der Waals surface area (Å²) >= 11 is 0. The molecular weight excluding hydrogens is 376 g/mol. The molecule has 8 nitrogen and oxygen atoms in total. The molecule has 0 bridgehead atoms. The van der Waals surface area contributed by atoms with Crippen molar-refractivity contribution in [3.05, 3.63) is 59.7 Å². The summed E-state index contributed by atoms with van der Waals surface area (Å²) in [5.74, 6) is -0.470. The number of rotatable bonds is 10. The molecule has 2 amide bonds. The third kappa shape index (κ3) is 7.17. The van der Waals surface area contributed by atoms with E-state index in [4.69, 9.17) is 14.2 Å². The van der Waals surface area contributed by atoms with Crippen LogP contribution in [0.15, 0.2) is 48.5 Å². The van der Waals surface area contributed by atoms with Crippen molar-refractivity contribution in [2.75, 3.05) is 26.9 Å². The molecule has 0 aliphatic rings. The van der Waals surface area contributed by atoms with Gasteiger partial charge >= 0.3 is 5.97 Å². The topological polar surface area (TPSA) is 103 Å². The predicted molar refractivity (Wildman–Crippen MR) is 106 cm³/mol. The van der Waals surface area contributed by atoms with Gasteiger partial charge in [-0.05, 0) is 36.8 Å². The molecule has 0 saturated carbocycles. The lowest BCUT2D eigenvalue weighted by atomic mass is 10.2. The molecule has 0 saturated heterocycles. The van der Waals surface area contributed by atoms with E-state index >= 15 is 0 Å². The van der Waals surface area contributed by atoms with Gasteiger partial charge in [-0.25, -0.2) is 0 Å². The first-order chi connectivity index (χ1) is 14.0. The van der Waals surface area contributed by atoms with Crippen molar-refractivity contribution in [3.8, 4) is 11.5 Å². The second-order valence-corrected chi connectivity index (χ2v) is 5.90. The minimum absolute atomic E-state index is 0.297. The van der Waals surface area contributed by atoms with Crippen LogP contribution in [0.5, 0.6) is 11.5 Å². The van der Waals surface area contributed by atoms with Gasteiger partial charge in [0.1, 0.15) is 18.0 Å². The Morgan fingerprint density at radius 2 is 1.69 bits per heavy atom. The van der Waals surface area contributed by atoms with Crippen molar-refractivity contribution in [1.29, 1.82) is 0 Å². The number of hydrogen-bond donors (Lipinski definition) is 2. The number of esters is 1. The standard InChI is InChI=1S/C21H24N2O6/c1-3-28-18-7-5-4-6-17(18)21(26)23-13-20(25)29-14-19(24)22-12-15-8-10-16(27-2)11-9-15/h4-11H,3,12-14H2,1-2H3,(H,22,24)(H,23,26). The van der Waals surface area contributed by atoms with Crippen LogP contribution in [0.1, 0.15) is 22.8 Å². The van der Waals surface area contributed by atoms with E-state index in [1.165, 1.54) is 0 Å². The monoisotopic (exact) mass is 400 g/mol. The van der Waals surface area contributed by atoms with Crippen molar-refractivity contribution in [3.63, 3.8) is 0 Å². The van der Waals surface area contributed by atoms with Gasteiger partial charge in [0.15, 0.2) is 6.61 Å². The van der Waals surface area contributed by atoms with Gasteiger partial charge in [-0.15, -0.1) is 0 Å². The molecular formula is C21H24N2O6. The molecule has 0 atom stereocenters. The molecule has 0 radical (unpaired) electrons. The Labute approximate surface area is 169 Å². The number of methoxy groups -OCH3 is 1. The van der Waals surface area contributed by atoms with Crippen molar-refractivity contribution in [2.24, 2.45) is 0 Å². The fraction of sp³-hybridized carbons (Fsp3) is 0.286. The van der Waals surface area contributed by atoms with Crippen LogP contribution in [0.2, 0.25) is 0 Å². The molecule has 154 valence electrons. The van der Waals surface area contributed by atoms with Gasteiger partial charge in [-0.1, -0.05) is 24.3 Å². The van der Waals surface area contributed by atoms with E-state index in [9.17, 15) is 14.4 Å². The third-order valence-electron chi connectivity index (χ3n) is 3.84. The average Bonchev–Trinajstić information content (AvgIpc) is 2.75.